The van der Waals surface area contributed by atoms with E-state index in [1.807, 2.05) is 6.08 Å². The highest BCUT2D eigenvalue weighted by Crippen LogP contribution is 2.46. The maximum atomic E-state index is 11.1. The maximum absolute atomic E-state index is 11.1. The number of rotatable bonds is 4. The zero-order chi connectivity index (χ0) is 12.3. The van der Waals surface area contributed by atoms with Crippen LogP contribution in [0.1, 0.15) is 53.4 Å². The summed E-state index contributed by atoms with van der Waals surface area (Å²) in [4.78, 5) is 0. The lowest BCUT2D eigenvalue weighted by molar-refractivity contribution is -0.110. The average Bonchev–Trinajstić information content (AvgIpc) is 2.18. The fourth-order valence-electron chi connectivity index (χ4n) is 3.59. The van der Waals surface area contributed by atoms with Crippen molar-refractivity contribution >= 4 is 0 Å². The number of hydrogen-bond donors (Lipinski definition) is 1. The SMILES string of the molecule is C=C[C@@H](CC)[C@@]1(O)C[C@H](C)CC[C@@H]1C(C)C. The summed E-state index contributed by atoms with van der Waals surface area (Å²) in [7, 11) is 0. The summed E-state index contributed by atoms with van der Waals surface area (Å²) < 4.78 is 0. The monoisotopic (exact) mass is 224 g/mol. The molecular formula is C15H28O. The Balaban J connectivity index is 2.95. The normalized spacial score (nSPS) is 37.4. The number of hydrogen-bond acceptors (Lipinski definition) is 1. The van der Waals surface area contributed by atoms with Gasteiger partial charge >= 0.3 is 0 Å². The molecule has 1 aliphatic rings. The summed E-state index contributed by atoms with van der Waals surface area (Å²) >= 11 is 0. The zero-order valence-corrected chi connectivity index (χ0v) is 11.4. The molecular weight excluding hydrogens is 196 g/mol. The van der Waals surface area contributed by atoms with Gasteiger partial charge in [0, 0.05) is 5.92 Å². The van der Waals surface area contributed by atoms with Gasteiger partial charge in [0.25, 0.3) is 0 Å². The van der Waals surface area contributed by atoms with Crippen LogP contribution in [0.4, 0.5) is 0 Å². The topological polar surface area (TPSA) is 20.2 Å². The van der Waals surface area contributed by atoms with Crippen LogP contribution in [-0.4, -0.2) is 10.7 Å². The molecule has 1 N–H and O–H groups in total. The van der Waals surface area contributed by atoms with E-state index in [2.05, 4.69) is 34.3 Å². The molecule has 1 aliphatic carbocycles. The Kier molecular flexibility index (Phi) is 4.61. The van der Waals surface area contributed by atoms with Crippen molar-refractivity contribution in [1.29, 1.82) is 0 Å². The summed E-state index contributed by atoms with van der Waals surface area (Å²) in [5.74, 6) is 1.90. The Morgan fingerprint density at radius 1 is 1.44 bits per heavy atom. The molecule has 0 bridgehead atoms. The van der Waals surface area contributed by atoms with E-state index in [1.54, 1.807) is 0 Å². The lowest BCUT2D eigenvalue weighted by atomic mass is 9.61. The first-order valence-electron chi connectivity index (χ1n) is 6.80. The fraction of sp³-hybridized carbons (Fsp3) is 0.867. The van der Waals surface area contributed by atoms with E-state index in [0.717, 1.165) is 12.8 Å². The maximum Gasteiger partial charge on any atom is 0.0742 e. The molecule has 0 amide bonds. The van der Waals surface area contributed by atoms with Crippen LogP contribution in [0.5, 0.6) is 0 Å². The first-order chi connectivity index (χ1) is 7.45. The zero-order valence-electron chi connectivity index (χ0n) is 11.4. The average molecular weight is 224 g/mol. The van der Waals surface area contributed by atoms with Crippen LogP contribution in [0.2, 0.25) is 0 Å². The quantitative estimate of drug-likeness (QED) is 0.715. The first kappa shape index (κ1) is 13.8. The van der Waals surface area contributed by atoms with Gasteiger partial charge < -0.3 is 5.11 Å². The van der Waals surface area contributed by atoms with Crippen LogP contribution < -0.4 is 0 Å². The summed E-state index contributed by atoms with van der Waals surface area (Å²) in [6, 6.07) is 0. The predicted octanol–water partition coefficient (Wildman–Crippen LogP) is 4.02. The molecule has 1 saturated carbocycles. The van der Waals surface area contributed by atoms with E-state index in [9.17, 15) is 5.11 Å². The minimum Gasteiger partial charge on any atom is -0.389 e. The van der Waals surface area contributed by atoms with Gasteiger partial charge in [-0.25, -0.2) is 0 Å². The largest absolute Gasteiger partial charge is 0.389 e. The predicted molar refractivity (Wildman–Crippen MR) is 70.3 cm³/mol. The Hall–Kier alpha value is -0.300. The molecule has 0 aliphatic heterocycles. The molecule has 0 saturated heterocycles. The highest BCUT2D eigenvalue weighted by molar-refractivity contribution is 5.02. The van der Waals surface area contributed by atoms with Gasteiger partial charge in [-0.3, -0.25) is 0 Å². The van der Waals surface area contributed by atoms with Crippen LogP contribution in [-0.2, 0) is 0 Å². The molecule has 94 valence electrons. The molecule has 16 heavy (non-hydrogen) atoms. The van der Waals surface area contributed by atoms with Crippen molar-refractivity contribution in [3.8, 4) is 0 Å². The van der Waals surface area contributed by atoms with Crippen molar-refractivity contribution in [2.75, 3.05) is 0 Å². The van der Waals surface area contributed by atoms with Gasteiger partial charge in [0.1, 0.15) is 0 Å². The molecule has 0 aromatic heterocycles. The Bertz CT molecular complexity index is 234. The van der Waals surface area contributed by atoms with Crippen LogP contribution in [0.3, 0.4) is 0 Å². The van der Waals surface area contributed by atoms with Crippen molar-refractivity contribution in [1.82, 2.24) is 0 Å². The van der Waals surface area contributed by atoms with Crippen molar-refractivity contribution in [3.05, 3.63) is 12.7 Å². The van der Waals surface area contributed by atoms with E-state index in [-0.39, 0.29) is 5.92 Å². The van der Waals surface area contributed by atoms with Crippen molar-refractivity contribution in [2.24, 2.45) is 23.7 Å². The molecule has 0 aromatic rings. The third-order valence-corrected chi connectivity index (χ3v) is 4.46. The molecule has 1 fully saturated rings. The summed E-state index contributed by atoms with van der Waals surface area (Å²) in [6.07, 6.45) is 6.34. The van der Waals surface area contributed by atoms with Crippen molar-refractivity contribution in [3.63, 3.8) is 0 Å². The van der Waals surface area contributed by atoms with E-state index < -0.39 is 5.60 Å². The summed E-state index contributed by atoms with van der Waals surface area (Å²) in [5.41, 5.74) is -0.512. The smallest absolute Gasteiger partial charge is 0.0742 e. The Morgan fingerprint density at radius 2 is 2.06 bits per heavy atom. The van der Waals surface area contributed by atoms with E-state index >= 15 is 0 Å². The van der Waals surface area contributed by atoms with Crippen molar-refractivity contribution < 1.29 is 5.11 Å². The van der Waals surface area contributed by atoms with Gasteiger partial charge in [-0.2, -0.15) is 0 Å². The van der Waals surface area contributed by atoms with E-state index in [4.69, 9.17) is 0 Å². The standard InChI is InChI=1S/C15H28O/c1-6-13(7-2)15(16)10-12(5)8-9-14(15)11(3)4/h6,11-14,16H,1,7-10H2,2-5H3/t12-,13+,14-,15+/m1/s1. The molecule has 1 heteroatoms. The van der Waals surface area contributed by atoms with Gasteiger partial charge in [0.05, 0.1) is 5.60 Å². The van der Waals surface area contributed by atoms with E-state index in [1.165, 1.54) is 12.8 Å². The van der Waals surface area contributed by atoms with Gasteiger partial charge in [-0.1, -0.05) is 40.2 Å². The van der Waals surface area contributed by atoms with Crippen molar-refractivity contribution in [2.45, 2.75) is 59.0 Å². The lowest BCUT2D eigenvalue weighted by Crippen LogP contribution is -2.50. The summed E-state index contributed by atoms with van der Waals surface area (Å²) in [6.45, 7) is 12.8. The number of aliphatic hydroxyl groups is 1. The van der Waals surface area contributed by atoms with Gasteiger partial charge in [-0.05, 0) is 37.0 Å². The van der Waals surface area contributed by atoms with E-state index in [0.29, 0.717) is 17.8 Å². The Morgan fingerprint density at radius 3 is 2.50 bits per heavy atom. The highest BCUT2D eigenvalue weighted by Gasteiger charge is 2.46. The van der Waals surface area contributed by atoms with Crippen LogP contribution in [0, 0.1) is 23.7 Å². The molecule has 0 aromatic carbocycles. The minimum absolute atomic E-state index is 0.252. The van der Waals surface area contributed by atoms with Crippen LogP contribution in [0.15, 0.2) is 12.7 Å². The van der Waals surface area contributed by atoms with Crippen LogP contribution >= 0.6 is 0 Å². The van der Waals surface area contributed by atoms with Gasteiger partial charge in [-0.15, -0.1) is 6.58 Å². The minimum atomic E-state index is -0.512. The second-order valence-electron chi connectivity index (χ2n) is 5.98. The summed E-state index contributed by atoms with van der Waals surface area (Å²) in [5, 5.41) is 11.1. The van der Waals surface area contributed by atoms with Gasteiger partial charge in [0.15, 0.2) is 0 Å². The first-order valence-corrected chi connectivity index (χ1v) is 6.80. The second-order valence-corrected chi connectivity index (χ2v) is 5.98. The molecule has 0 spiro atoms. The molecule has 0 heterocycles. The third kappa shape index (κ3) is 2.51. The fourth-order valence-corrected chi connectivity index (χ4v) is 3.59. The molecule has 0 radical (unpaired) electrons. The van der Waals surface area contributed by atoms with Crippen LogP contribution in [0.25, 0.3) is 0 Å². The van der Waals surface area contributed by atoms with Gasteiger partial charge in [0.2, 0.25) is 0 Å². The Labute approximate surface area is 101 Å². The third-order valence-electron chi connectivity index (χ3n) is 4.46. The second kappa shape index (κ2) is 5.35. The lowest BCUT2D eigenvalue weighted by Gasteiger charge is -2.48. The molecule has 0 unspecified atom stereocenters. The molecule has 1 rings (SSSR count). The highest BCUT2D eigenvalue weighted by atomic mass is 16.3. The molecule has 4 atom stereocenters. The molecule has 1 nitrogen and oxygen atoms in total.